The fourth-order valence-corrected chi connectivity index (χ4v) is 2.97. The molecular formula is C17H17N5O. The lowest BCUT2D eigenvalue weighted by Gasteiger charge is -2.27. The lowest BCUT2D eigenvalue weighted by Crippen LogP contribution is -2.35. The average Bonchev–Trinajstić information content (AvgIpc) is 3.09. The molecule has 3 aromatic rings. The molecule has 0 saturated heterocycles. The Hall–Kier alpha value is -2.73. The molecule has 0 atom stereocenters. The molecule has 1 aliphatic rings. The highest BCUT2D eigenvalue weighted by Gasteiger charge is 2.21. The van der Waals surface area contributed by atoms with E-state index in [-0.39, 0.29) is 5.56 Å². The fraction of sp³-hybridized carbons (Fsp3) is 0.235. The summed E-state index contributed by atoms with van der Waals surface area (Å²) in [5, 5.41) is 6.78. The van der Waals surface area contributed by atoms with Crippen LogP contribution in [0.1, 0.15) is 16.8 Å². The first-order valence-corrected chi connectivity index (χ1v) is 7.67. The molecule has 2 aromatic heterocycles. The van der Waals surface area contributed by atoms with Gasteiger partial charge in [-0.25, -0.2) is 4.98 Å². The van der Waals surface area contributed by atoms with E-state index in [2.05, 4.69) is 25.1 Å². The molecule has 6 nitrogen and oxygen atoms in total. The highest BCUT2D eigenvalue weighted by atomic mass is 16.1. The largest absolute Gasteiger partial charge is 0.306 e. The number of benzene rings is 1. The minimum Gasteiger partial charge on any atom is -0.306 e. The van der Waals surface area contributed by atoms with Crippen molar-refractivity contribution in [2.75, 3.05) is 6.54 Å². The molecule has 2 N–H and O–H groups in total. The Morgan fingerprint density at radius 1 is 1.22 bits per heavy atom. The molecule has 3 heterocycles. The summed E-state index contributed by atoms with van der Waals surface area (Å²) < 4.78 is 0. The molecule has 1 aromatic carbocycles. The van der Waals surface area contributed by atoms with Crippen molar-refractivity contribution in [3.63, 3.8) is 0 Å². The molecule has 0 amide bonds. The van der Waals surface area contributed by atoms with Crippen LogP contribution in [-0.2, 0) is 19.5 Å². The highest BCUT2D eigenvalue weighted by Crippen LogP contribution is 2.19. The minimum absolute atomic E-state index is 0.0363. The van der Waals surface area contributed by atoms with Gasteiger partial charge in [0.2, 0.25) is 0 Å². The van der Waals surface area contributed by atoms with Crippen LogP contribution < -0.4 is 5.56 Å². The second-order valence-corrected chi connectivity index (χ2v) is 5.77. The normalized spacial score (nSPS) is 14.6. The highest BCUT2D eigenvalue weighted by molar-refractivity contribution is 5.54. The Labute approximate surface area is 133 Å². The molecule has 0 aliphatic carbocycles. The van der Waals surface area contributed by atoms with E-state index >= 15 is 0 Å². The van der Waals surface area contributed by atoms with Gasteiger partial charge in [-0.1, -0.05) is 30.3 Å². The number of aromatic amines is 2. The molecule has 23 heavy (non-hydrogen) atoms. The van der Waals surface area contributed by atoms with Gasteiger partial charge in [0.05, 0.1) is 17.5 Å². The summed E-state index contributed by atoms with van der Waals surface area (Å²) in [5.74, 6) is 0.651. The third-order valence-electron chi connectivity index (χ3n) is 4.16. The average molecular weight is 307 g/mol. The van der Waals surface area contributed by atoms with Crippen LogP contribution in [0.2, 0.25) is 0 Å². The number of nitrogens with zero attached hydrogens (tertiary/aromatic N) is 3. The smallest absolute Gasteiger partial charge is 0.255 e. The second kappa shape index (κ2) is 5.81. The van der Waals surface area contributed by atoms with E-state index in [1.54, 1.807) is 0 Å². The van der Waals surface area contributed by atoms with E-state index in [1.807, 2.05) is 42.7 Å². The van der Waals surface area contributed by atoms with Crippen molar-refractivity contribution in [2.24, 2.45) is 0 Å². The Morgan fingerprint density at radius 2 is 2.09 bits per heavy atom. The van der Waals surface area contributed by atoms with Gasteiger partial charge in [0.25, 0.3) is 5.56 Å². The van der Waals surface area contributed by atoms with Crippen LogP contribution in [0.4, 0.5) is 0 Å². The lowest BCUT2D eigenvalue weighted by atomic mass is 10.1. The van der Waals surface area contributed by atoms with Gasteiger partial charge in [-0.3, -0.25) is 14.8 Å². The van der Waals surface area contributed by atoms with E-state index in [0.29, 0.717) is 12.4 Å². The maximum Gasteiger partial charge on any atom is 0.255 e. The van der Waals surface area contributed by atoms with Gasteiger partial charge in [0.15, 0.2) is 0 Å². The van der Waals surface area contributed by atoms with Crippen molar-refractivity contribution in [1.29, 1.82) is 0 Å². The van der Waals surface area contributed by atoms with Crippen LogP contribution in [0.3, 0.4) is 0 Å². The van der Waals surface area contributed by atoms with Crippen LogP contribution in [0, 0.1) is 0 Å². The quantitative estimate of drug-likeness (QED) is 0.772. The number of hydrogen-bond acceptors (Lipinski definition) is 4. The monoisotopic (exact) mass is 307 g/mol. The molecule has 0 bridgehead atoms. The van der Waals surface area contributed by atoms with Gasteiger partial charge in [-0.2, -0.15) is 5.10 Å². The number of nitrogens with one attached hydrogen (secondary N) is 2. The summed E-state index contributed by atoms with van der Waals surface area (Å²) in [5.41, 5.74) is 3.72. The van der Waals surface area contributed by atoms with Crippen molar-refractivity contribution in [3.8, 4) is 11.4 Å². The third kappa shape index (κ3) is 2.80. The number of aromatic nitrogens is 4. The lowest BCUT2D eigenvalue weighted by molar-refractivity contribution is 0.242. The molecule has 0 fully saturated rings. The van der Waals surface area contributed by atoms with Crippen molar-refractivity contribution in [2.45, 2.75) is 19.5 Å². The van der Waals surface area contributed by atoms with Crippen molar-refractivity contribution >= 4 is 0 Å². The van der Waals surface area contributed by atoms with E-state index in [9.17, 15) is 4.79 Å². The number of fused-ring (bicyclic) bond motifs is 1. The number of rotatable bonds is 3. The first kappa shape index (κ1) is 13.9. The predicted octanol–water partition coefficient (Wildman–Crippen LogP) is 1.72. The van der Waals surface area contributed by atoms with E-state index in [0.717, 1.165) is 41.9 Å². The zero-order valence-corrected chi connectivity index (χ0v) is 12.6. The van der Waals surface area contributed by atoms with Crippen LogP contribution in [0.15, 0.2) is 47.5 Å². The molecule has 116 valence electrons. The molecule has 4 rings (SSSR count). The second-order valence-electron chi connectivity index (χ2n) is 5.77. The summed E-state index contributed by atoms with van der Waals surface area (Å²) >= 11 is 0. The minimum atomic E-state index is -0.0363. The molecule has 0 saturated carbocycles. The van der Waals surface area contributed by atoms with Gasteiger partial charge in [-0.15, -0.1) is 0 Å². The zero-order chi connectivity index (χ0) is 15.6. The molecule has 6 heteroatoms. The summed E-state index contributed by atoms with van der Waals surface area (Å²) in [6, 6.07) is 9.76. The number of H-pyrrole nitrogens is 2. The first-order chi connectivity index (χ1) is 11.3. The Balaban J connectivity index is 1.62. The maximum atomic E-state index is 12.5. The predicted molar refractivity (Wildman–Crippen MR) is 86.7 cm³/mol. The molecule has 0 spiro atoms. The fourth-order valence-electron chi connectivity index (χ4n) is 2.97. The Kier molecular flexibility index (Phi) is 3.51. The maximum absolute atomic E-state index is 12.5. The topological polar surface area (TPSA) is 77.7 Å². The van der Waals surface area contributed by atoms with Gasteiger partial charge in [-0.05, 0) is 0 Å². The van der Waals surface area contributed by atoms with Crippen LogP contribution >= 0.6 is 0 Å². The Bertz CT molecular complexity index is 854. The van der Waals surface area contributed by atoms with Gasteiger partial charge >= 0.3 is 0 Å². The van der Waals surface area contributed by atoms with Crippen molar-refractivity contribution in [3.05, 3.63) is 69.9 Å². The summed E-state index contributed by atoms with van der Waals surface area (Å²) in [6.45, 7) is 2.30. The van der Waals surface area contributed by atoms with E-state index in [1.165, 1.54) is 0 Å². The summed E-state index contributed by atoms with van der Waals surface area (Å²) in [7, 11) is 0. The van der Waals surface area contributed by atoms with Crippen molar-refractivity contribution in [1.82, 2.24) is 25.1 Å². The standard InChI is InChI=1S/C17H17N5O/c23-17-14-11-22(10-12-8-18-19-9-12)7-6-15(14)20-16(21-17)13-4-2-1-3-5-13/h1-5,8-9H,6-7,10-11H2,(H,18,19)(H,20,21,23). The molecule has 0 radical (unpaired) electrons. The molecular weight excluding hydrogens is 290 g/mol. The van der Waals surface area contributed by atoms with Gasteiger partial charge in [0, 0.05) is 43.4 Å². The van der Waals surface area contributed by atoms with Crippen LogP contribution in [-0.4, -0.2) is 31.6 Å². The van der Waals surface area contributed by atoms with E-state index < -0.39 is 0 Å². The van der Waals surface area contributed by atoms with Crippen LogP contribution in [0.25, 0.3) is 11.4 Å². The SMILES string of the molecule is O=c1[nH]c(-c2ccccc2)nc2c1CN(Cc1cn[nH]c1)CC2. The summed E-state index contributed by atoms with van der Waals surface area (Å²) in [4.78, 5) is 22.3. The third-order valence-corrected chi connectivity index (χ3v) is 4.16. The van der Waals surface area contributed by atoms with Crippen LogP contribution in [0.5, 0.6) is 0 Å². The van der Waals surface area contributed by atoms with Gasteiger partial charge < -0.3 is 4.98 Å². The molecule has 1 aliphatic heterocycles. The Morgan fingerprint density at radius 3 is 2.87 bits per heavy atom. The zero-order valence-electron chi connectivity index (χ0n) is 12.6. The van der Waals surface area contributed by atoms with Crippen molar-refractivity contribution < 1.29 is 0 Å². The van der Waals surface area contributed by atoms with E-state index in [4.69, 9.17) is 0 Å². The summed E-state index contributed by atoms with van der Waals surface area (Å²) in [6.07, 6.45) is 4.49. The van der Waals surface area contributed by atoms with Gasteiger partial charge in [0.1, 0.15) is 5.82 Å². The number of hydrogen-bond donors (Lipinski definition) is 2. The molecule has 0 unspecified atom stereocenters. The first-order valence-electron chi connectivity index (χ1n) is 7.67.